The van der Waals surface area contributed by atoms with E-state index in [1.165, 1.54) is 0 Å². The van der Waals surface area contributed by atoms with Crippen LogP contribution in [-0.2, 0) is 4.74 Å². The molecule has 0 aliphatic carbocycles. The van der Waals surface area contributed by atoms with E-state index in [2.05, 4.69) is 23.1 Å². The van der Waals surface area contributed by atoms with Crippen LogP contribution < -0.4 is 9.47 Å². The average Bonchev–Trinajstić information content (AvgIpc) is 2.98. The van der Waals surface area contributed by atoms with Crippen molar-refractivity contribution in [2.75, 3.05) is 45.2 Å². The molecule has 2 aromatic rings. The van der Waals surface area contributed by atoms with Gasteiger partial charge in [-0.3, -0.25) is 4.90 Å². The monoisotopic (exact) mass is 602 g/mol. The summed E-state index contributed by atoms with van der Waals surface area (Å²) in [5, 5.41) is 18.2. The smallest absolute Gasteiger partial charge is 0.410 e. The maximum Gasteiger partial charge on any atom is 0.410 e. The Bertz CT molecular complexity index is 1370. The molecule has 0 radical (unpaired) electrons. The number of carbonyl (C=O) groups is 1. The summed E-state index contributed by atoms with van der Waals surface area (Å²) in [7, 11) is 0. The van der Waals surface area contributed by atoms with Gasteiger partial charge in [0.25, 0.3) is 0 Å². The molecule has 226 valence electrons. The first kappa shape index (κ1) is 31.9. The second-order valence-electron chi connectivity index (χ2n) is 12.2. The number of halogens is 1. The van der Waals surface area contributed by atoms with Gasteiger partial charge in [0.15, 0.2) is 0 Å². The van der Waals surface area contributed by atoms with E-state index in [1.54, 1.807) is 48.5 Å². The molecule has 2 aromatic carbocycles. The average molecular weight is 603 g/mol. The number of nitriles is 2. The van der Waals surface area contributed by atoms with Crippen LogP contribution >= 0.6 is 11.6 Å². The van der Waals surface area contributed by atoms with Crippen molar-refractivity contribution < 1.29 is 19.0 Å². The zero-order chi connectivity index (χ0) is 30.9. The van der Waals surface area contributed by atoms with Gasteiger partial charge < -0.3 is 19.1 Å². The van der Waals surface area contributed by atoms with Crippen LogP contribution in [0.15, 0.2) is 72.8 Å². The zero-order valence-corrected chi connectivity index (χ0v) is 25.8. The first-order valence-corrected chi connectivity index (χ1v) is 15.0. The van der Waals surface area contributed by atoms with Gasteiger partial charge in [-0.05, 0) is 87.7 Å². The molecule has 3 unspecified atom stereocenters. The molecule has 8 nitrogen and oxygen atoms in total. The fourth-order valence-electron chi connectivity index (χ4n) is 5.83. The van der Waals surface area contributed by atoms with Crippen LogP contribution in [0.5, 0.6) is 11.5 Å². The van der Waals surface area contributed by atoms with Gasteiger partial charge in [0.2, 0.25) is 0 Å². The summed E-state index contributed by atoms with van der Waals surface area (Å²) in [6.45, 7) is 9.42. The summed E-state index contributed by atoms with van der Waals surface area (Å²) in [4.78, 5) is 17.5. The van der Waals surface area contributed by atoms with Crippen molar-refractivity contribution in [1.29, 1.82) is 10.5 Å². The van der Waals surface area contributed by atoms with Crippen molar-refractivity contribution in [2.24, 2.45) is 11.3 Å². The zero-order valence-electron chi connectivity index (χ0n) is 25.0. The summed E-state index contributed by atoms with van der Waals surface area (Å²) in [6, 6.07) is 18.4. The highest BCUT2D eigenvalue weighted by atomic mass is 35.5. The second kappa shape index (κ2) is 14.5. The Balaban J connectivity index is 1.52. The lowest BCUT2D eigenvalue weighted by molar-refractivity contribution is -0.0800. The second-order valence-corrected chi connectivity index (χ2v) is 12.5. The highest BCUT2D eigenvalue weighted by Crippen LogP contribution is 2.43. The summed E-state index contributed by atoms with van der Waals surface area (Å²) in [5.41, 5.74) is 0.150. The van der Waals surface area contributed by atoms with Crippen LogP contribution in [0.1, 0.15) is 38.3 Å². The largest absolute Gasteiger partial charge is 0.490 e. The third-order valence-corrected chi connectivity index (χ3v) is 7.67. The minimum atomic E-state index is -0.593. The van der Waals surface area contributed by atoms with Crippen LogP contribution in [0.25, 0.3) is 0 Å². The van der Waals surface area contributed by atoms with Crippen molar-refractivity contribution in [3.63, 3.8) is 0 Å². The molecule has 2 aliphatic heterocycles. The van der Waals surface area contributed by atoms with E-state index in [0.29, 0.717) is 54.7 Å². The van der Waals surface area contributed by atoms with Crippen molar-refractivity contribution >= 4 is 17.7 Å². The molecular weight excluding hydrogens is 564 g/mol. The van der Waals surface area contributed by atoms with Crippen molar-refractivity contribution in [1.82, 2.24) is 9.80 Å². The fourth-order valence-corrected chi connectivity index (χ4v) is 5.94. The standard InChI is InChI=1S/C34H39ClN4O4/c1-33(2,3)43-32(40)39-23-28-19-34(25-39,31(7-6-16-35)42-30-14-10-27(21-37)11-15-30)24-38(22-28)17-4-5-18-41-29-12-8-26(20-36)9-13-29/h4-15,28,31H,16-19,22-25H2,1-3H3. The maximum absolute atomic E-state index is 13.3. The molecule has 0 aromatic heterocycles. The first-order chi connectivity index (χ1) is 20.6. The Kier molecular flexibility index (Phi) is 10.7. The summed E-state index contributed by atoms with van der Waals surface area (Å²) < 4.78 is 18.2. The van der Waals surface area contributed by atoms with Crippen molar-refractivity contribution in [3.8, 4) is 23.6 Å². The Hall–Kier alpha value is -3.98. The van der Waals surface area contributed by atoms with E-state index in [9.17, 15) is 10.1 Å². The summed E-state index contributed by atoms with van der Waals surface area (Å²) >= 11 is 6.09. The van der Waals surface area contributed by atoms with Crippen LogP contribution in [0.3, 0.4) is 0 Å². The Morgan fingerprint density at radius 3 is 2.26 bits per heavy atom. The van der Waals surface area contributed by atoms with Gasteiger partial charge in [-0.2, -0.15) is 10.5 Å². The number of amides is 1. The van der Waals surface area contributed by atoms with E-state index in [1.807, 2.05) is 43.9 Å². The summed E-state index contributed by atoms with van der Waals surface area (Å²) in [5.74, 6) is 1.94. The molecule has 43 heavy (non-hydrogen) atoms. The SMILES string of the molecule is CC(C)(C)OC(=O)N1CC2CN(CC=CCOc3ccc(C#N)cc3)CC(C(C=CCCl)Oc3ccc(C#N)cc3)(C2)C1. The number of nitrogens with zero attached hydrogens (tertiary/aromatic N) is 4. The molecule has 1 amide bonds. The van der Waals surface area contributed by atoms with Gasteiger partial charge in [0.05, 0.1) is 23.3 Å². The Labute approximate surface area is 259 Å². The van der Waals surface area contributed by atoms with Gasteiger partial charge in [0.1, 0.15) is 29.8 Å². The van der Waals surface area contributed by atoms with E-state index in [0.717, 1.165) is 19.5 Å². The minimum Gasteiger partial charge on any atom is -0.490 e. The summed E-state index contributed by atoms with van der Waals surface area (Å²) in [6.07, 6.45) is 8.22. The number of rotatable bonds is 10. The number of hydrogen-bond donors (Lipinski definition) is 0. The van der Waals surface area contributed by atoms with Crippen LogP contribution in [-0.4, -0.2) is 72.8 Å². The molecule has 9 heteroatoms. The number of allylic oxidation sites excluding steroid dienone is 1. The molecule has 0 saturated carbocycles. The number of likely N-dealkylation sites (tertiary alicyclic amines) is 2. The molecule has 0 N–H and O–H groups in total. The molecular formula is C34H39ClN4O4. The number of fused-ring (bicyclic) bond motifs is 2. The number of benzene rings is 2. The lowest BCUT2D eigenvalue weighted by Crippen LogP contribution is -2.64. The van der Waals surface area contributed by atoms with Crippen LogP contribution in [0.4, 0.5) is 4.79 Å². The number of carbonyl (C=O) groups excluding carboxylic acids is 1. The number of hydrogen-bond acceptors (Lipinski definition) is 7. The topological polar surface area (TPSA) is 98.8 Å². The van der Waals surface area contributed by atoms with Crippen LogP contribution in [0, 0.1) is 34.0 Å². The minimum absolute atomic E-state index is 0.231. The normalized spacial score (nSPS) is 21.3. The number of alkyl halides is 1. The Morgan fingerprint density at radius 1 is 1.00 bits per heavy atom. The number of piperidine rings is 2. The maximum atomic E-state index is 13.3. The quantitative estimate of drug-likeness (QED) is 0.237. The third-order valence-electron chi connectivity index (χ3n) is 7.50. The lowest BCUT2D eigenvalue weighted by atomic mass is 9.68. The molecule has 2 fully saturated rings. The predicted octanol–water partition coefficient (Wildman–Crippen LogP) is 6.17. The van der Waals surface area contributed by atoms with Gasteiger partial charge in [0, 0.05) is 44.0 Å². The molecule has 0 spiro atoms. The molecule has 3 atom stereocenters. The lowest BCUT2D eigenvalue weighted by Gasteiger charge is -2.55. The van der Waals surface area contributed by atoms with Crippen LogP contribution in [0.2, 0.25) is 0 Å². The highest BCUT2D eigenvalue weighted by molar-refractivity contribution is 6.18. The van der Waals surface area contributed by atoms with Gasteiger partial charge >= 0.3 is 6.09 Å². The van der Waals surface area contributed by atoms with E-state index < -0.39 is 11.0 Å². The van der Waals surface area contributed by atoms with Crippen molar-refractivity contribution in [3.05, 3.63) is 84.0 Å². The molecule has 2 bridgehead atoms. The van der Waals surface area contributed by atoms with E-state index in [4.69, 9.17) is 31.1 Å². The molecule has 4 rings (SSSR count). The van der Waals surface area contributed by atoms with Gasteiger partial charge in [-0.1, -0.05) is 18.2 Å². The molecule has 2 saturated heterocycles. The number of ether oxygens (including phenoxy) is 3. The highest BCUT2D eigenvalue weighted by Gasteiger charge is 2.51. The van der Waals surface area contributed by atoms with Gasteiger partial charge in [-0.15, -0.1) is 11.6 Å². The van der Waals surface area contributed by atoms with E-state index in [-0.39, 0.29) is 18.1 Å². The third kappa shape index (κ3) is 9.00. The molecule has 2 aliphatic rings. The van der Waals surface area contributed by atoms with Gasteiger partial charge in [-0.25, -0.2) is 4.79 Å². The fraction of sp³-hybridized carbons (Fsp3) is 0.441. The Morgan fingerprint density at radius 2 is 1.65 bits per heavy atom. The van der Waals surface area contributed by atoms with Crippen molar-refractivity contribution in [2.45, 2.75) is 38.9 Å². The predicted molar refractivity (Wildman–Crippen MR) is 166 cm³/mol. The molecule has 2 heterocycles. The first-order valence-electron chi connectivity index (χ1n) is 14.5. The van der Waals surface area contributed by atoms with E-state index >= 15 is 0 Å².